The number of nitrogens with one attached hydrogen (secondary N) is 1. The van der Waals surface area contributed by atoms with E-state index in [2.05, 4.69) is 31.0 Å². The molecule has 0 saturated carbocycles. The normalized spacial score (nSPS) is 28.2. The summed E-state index contributed by atoms with van der Waals surface area (Å²) in [5.41, 5.74) is 0. The first kappa shape index (κ1) is 12.5. The summed E-state index contributed by atoms with van der Waals surface area (Å²) < 4.78 is 0. The maximum atomic E-state index is 11.7. The molecule has 1 aliphatic heterocycles. The third kappa shape index (κ3) is 3.18. The average Bonchev–Trinajstić information content (AvgIpc) is 2.17. The van der Waals surface area contributed by atoms with E-state index >= 15 is 0 Å². The number of carbonyl (C=O) groups is 1. The van der Waals surface area contributed by atoms with Crippen LogP contribution < -0.4 is 5.32 Å². The summed E-state index contributed by atoms with van der Waals surface area (Å²) in [6.45, 7) is 8.11. The zero-order valence-electron chi connectivity index (χ0n) is 9.86. The van der Waals surface area contributed by atoms with Crippen molar-refractivity contribution in [3.8, 4) is 0 Å². The molecule has 2 N–H and O–H groups in total. The van der Waals surface area contributed by atoms with Crippen molar-refractivity contribution in [1.82, 2.24) is 10.2 Å². The number of hydrogen-bond acceptors (Lipinski definition) is 3. The summed E-state index contributed by atoms with van der Waals surface area (Å²) in [6.07, 6.45) is 0.531. The molecule has 88 valence electrons. The molecule has 1 fully saturated rings. The Morgan fingerprint density at radius 3 is 2.80 bits per heavy atom. The van der Waals surface area contributed by atoms with Crippen LogP contribution in [0.5, 0.6) is 0 Å². The van der Waals surface area contributed by atoms with E-state index in [4.69, 9.17) is 5.11 Å². The molecule has 2 unspecified atom stereocenters. The first-order chi connectivity index (χ1) is 7.06. The fourth-order valence-electron chi connectivity index (χ4n) is 2.09. The van der Waals surface area contributed by atoms with Crippen LogP contribution in [0.25, 0.3) is 0 Å². The molecule has 0 aromatic carbocycles. The Hall–Kier alpha value is -0.610. The fourth-order valence-corrected chi connectivity index (χ4v) is 2.09. The van der Waals surface area contributed by atoms with Crippen LogP contribution >= 0.6 is 0 Å². The number of carbonyl (C=O) groups excluding carboxylic acids is 1. The molecule has 4 heteroatoms. The van der Waals surface area contributed by atoms with Gasteiger partial charge in [-0.1, -0.05) is 13.8 Å². The lowest BCUT2D eigenvalue weighted by Gasteiger charge is -2.40. The highest BCUT2D eigenvalue weighted by Crippen LogP contribution is 2.15. The largest absolute Gasteiger partial charge is 0.396 e. The third-order valence-corrected chi connectivity index (χ3v) is 2.82. The van der Waals surface area contributed by atoms with E-state index in [-0.39, 0.29) is 18.6 Å². The quantitative estimate of drug-likeness (QED) is 0.703. The average molecular weight is 214 g/mol. The number of piperazine rings is 1. The fraction of sp³-hybridized carbons (Fsp3) is 0.909. The van der Waals surface area contributed by atoms with Crippen LogP contribution in [0.15, 0.2) is 0 Å². The second-order valence-electron chi connectivity index (χ2n) is 4.71. The van der Waals surface area contributed by atoms with Gasteiger partial charge in [-0.25, -0.2) is 0 Å². The molecule has 0 aliphatic carbocycles. The number of aliphatic hydroxyl groups excluding tert-OH is 1. The number of rotatable bonds is 4. The Morgan fingerprint density at radius 1 is 1.60 bits per heavy atom. The van der Waals surface area contributed by atoms with E-state index < -0.39 is 0 Å². The van der Waals surface area contributed by atoms with Crippen molar-refractivity contribution in [2.45, 2.75) is 39.3 Å². The van der Waals surface area contributed by atoms with Crippen molar-refractivity contribution in [2.75, 3.05) is 19.7 Å². The standard InChI is InChI=1S/C11H22N2O2/c1-8(2)7-13-9(3)6-12-11(15)10(13)4-5-14/h8-10,14H,4-7H2,1-3H3,(H,12,15). The Bertz CT molecular complexity index is 219. The van der Waals surface area contributed by atoms with Crippen LogP contribution in [0.1, 0.15) is 27.2 Å². The molecule has 15 heavy (non-hydrogen) atoms. The molecular weight excluding hydrogens is 192 g/mol. The van der Waals surface area contributed by atoms with Crippen LogP contribution in [0.2, 0.25) is 0 Å². The lowest BCUT2D eigenvalue weighted by Crippen LogP contribution is -2.60. The van der Waals surface area contributed by atoms with Gasteiger partial charge in [0.2, 0.25) is 5.91 Å². The van der Waals surface area contributed by atoms with Crippen molar-refractivity contribution in [3.63, 3.8) is 0 Å². The topological polar surface area (TPSA) is 52.6 Å². The van der Waals surface area contributed by atoms with Crippen LogP contribution in [-0.2, 0) is 4.79 Å². The minimum Gasteiger partial charge on any atom is -0.396 e. The van der Waals surface area contributed by atoms with Crippen molar-refractivity contribution in [2.24, 2.45) is 5.92 Å². The van der Waals surface area contributed by atoms with Crippen LogP contribution in [0.4, 0.5) is 0 Å². The molecule has 0 bridgehead atoms. The predicted octanol–water partition coefficient (Wildman–Crippen LogP) is 0.214. The van der Waals surface area contributed by atoms with E-state index in [9.17, 15) is 4.79 Å². The van der Waals surface area contributed by atoms with Gasteiger partial charge >= 0.3 is 0 Å². The summed E-state index contributed by atoms with van der Waals surface area (Å²) in [7, 11) is 0. The van der Waals surface area contributed by atoms with Crippen molar-refractivity contribution >= 4 is 5.91 Å². The lowest BCUT2D eigenvalue weighted by molar-refractivity contribution is -0.131. The molecule has 1 saturated heterocycles. The van der Waals surface area contributed by atoms with Crippen LogP contribution in [0.3, 0.4) is 0 Å². The SMILES string of the molecule is CC(C)CN1C(C)CNC(=O)C1CCO. The third-order valence-electron chi connectivity index (χ3n) is 2.82. The van der Waals surface area contributed by atoms with E-state index in [1.165, 1.54) is 0 Å². The molecule has 0 aromatic rings. The minimum atomic E-state index is -0.152. The van der Waals surface area contributed by atoms with Gasteiger partial charge in [-0.3, -0.25) is 9.69 Å². The Morgan fingerprint density at radius 2 is 2.27 bits per heavy atom. The molecule has 1 aliphatic rings. The Balaban J connectivity index is 2.68. The van der Waals surface area contributed by atoms with Gasteiger partial charge in [0.1, 0.15) is 0 Å². The van der Waals surface area contributed by atoms with E-state index in [1.54, 1.807) is 0 Å². The zero-order chi connectivity index (χ0) is 11.4. The highest BCUT2D eigenvalue weighted by atomic mass is 16.3. The van der Waals surface area contributed by atoms with Crippen LogP contribution in [0, 0.1) is 5.92 Å². The molecule has 4 nitrogen and oxygen atoms in total. The van der Waals surface area contributed by atoms with Gasteiger partial charge in [0.25, 0.3) is 0 Å². The van der Waals surface area contributed by atoms with E-state index in [0.29, 0.717) is 24.9 Å². The molecule has 0 spiro atoms. The summed E-state index contributed by atoms with van der Waals surface area (Å²) in [5, 5.41) is 11.8. The van der Waals surface area contributed by atoms with Gasteiger partial charge in [0.15, 0.2) is 0 Å². The zero-order valence-corrected chi connectivity index (χ0v) is 9.86. The van der Waals surface area contributed by atoms with Crippen molar-refractivity contribution in [3.05, 3.63) is 0 Å². The molecular formula is C11H22N2O2. The summed E-state index contributed by atoms with van der Waals surface area (Å²) in [6, 6.07) is 0.211. The predicted molar refractivity (Wildman–Crippen MR) is 59.5 cm³/mol. The molecule has 2 atom stereocenters. The summed E-state index contributed by atoms with van der Waals surface area (Å²) >= 11 is 0. The maximum Gasteiger partial charge on any atom is 0.237 e. The monoisotopic (exact) mass is 214 g/mol. The van der Waals surface area contributed by atoms with E-state index in [0.717, 1.165) is 6.54 Å². The van der Waals surface area contributed by atoms with Crippen LogP contribution in [-0.4, -0.2) is 47.7 Å². The lowest BCUT2D eigenvalue weighted by atomic mass is 10.0. The first-order valence-corrected chi connectivity index (χ1v) is 5.70. The first-order valence-electron chi connectivity index (χ1n) is 5.70. The summed E-state index contributed by atoms with van der Waals surface area (Å²) in [5.74, 6) is 0.599. The Labute approximate surface area is 91.6 Å². The summed E-state index contributed by atoms with van der Waals surface area (Å²) in [4.78, 5) is 13.9. The Kier molecular flexibility index (Phi) is 4.54. The van der Waals surface area contributed by atoms with Gasteiger partial charge in [0, 0.05) is 25.7 Å². The second-order valence-corrected chi connectivity index (χ2v) is 4.71. The smallest absolute Gasteiger partial charge is 0.237 e. The van der Waals surface area contributed by atoms with Crippen molar-refractivity contribution in [1.29, 1.82) is 0 Å². The van der Waals surface area contributed by atoms with E-state index in [1.807, 2.05) is 0 Å². The van der Waals surface area contributed by atoms with Gasteiger partial charge < -0.3 is 10.4 Å². The molecule has 0 aromatic heterocycles. The molecule has 1 rings (SSSR count). The van der Waals surface area contributed by atoms with Gasteiger partial charge in [-0.2, -0.15) is 0 Å². The second kappa shape index (κ2) is 5.47. The number of hydrogen-bond donors (Lipinski definition) is 2. The maximum absolute atomic E-state index is 11.7. The minimum absolute atomic E-state index is 0.0581. The highest BCUT2D eigenvalue weighted by Gasteiger charge is 2.33. The molecule has 1 heterocycles. The number of amides is 1. The highest BCUT2D eigenvalue weighted by molar-refractivity contribution is 5.82. The molecule has 0 radical (unpaired) electrons. The van der Waals surface area contributed by atoms with Gasteiger partial charge in [-0.15, -0.1) is 0 Å². The molecule has 1 amide bonds. The number of aliphatic hydroxyl groups is 1. The van der Waals surface area contributed by atoms with Gasteiger partial charge in [0.05, 0.1) is 6.04 Å². The van der Waals surface area contributed by atoms with Gasteiger partial charge in [-0.05, 0) is 19.3 Å². The number of nitrogens with zero attached hydrogens (tertiary/aromatic N) is 1. The van der Waals surface area contributed by atoms with Crippen molar-refractivity contribution < 1.29 is 9.90 Å².